The van der Waals surface area contributed by atoms with Gasteiger partial charge in [-0.1, -0.05) is 36.7 Å². The van der Waals surface area contributed by atoms with Crippen molar-refractivity contribution < 1.29 is 28.5 Å². The minimum absolute atomic E-state index is 0.0753. The standard InChI is InChI=1S/C35H40ClNO6/c1-23(20-41-21-24-7-9-29(39-2)10-8-24)15-26-16-25-17-31-32(43-22-42-31)19-30(25)34(26)11-13-35(14-12-34,33(38)40-3)37-28-6-4-5-27(36)18-28/h4-10,17-19,23,26,37H,11-16,20-22H2,1-3H3/t23-,26?,34?,35?/m1/s1. The topological polar surface area (TPSA) is 75.3 Å². The van der Waals surface area contributed by atoms with Crippen molar-refractivity contribution in [1.29, 1.82) is 0 Å². The van der Waals surface area contributed by atoms with Crippen LogP contribution in [-0.4, -0.2) is 39.1 Å². The molecule has 2 aliphatic carbocycles. The molecule has 1 aliphatic heterocycles. The number of fused-ring (bicyclic) bond motifs is 3. The molecule has 2 atom stereocenters. The summed E-state index contributed by atoms with van der Waals surface area (Å²) in [7, 11) is 3.14. The molecule has 43 heavy (non-hydrogen) atoms. The molecule has 1 fully saturated rings. The van der Waals surface area contributed by atoms with Gasteiger partial charge in [-0.2, -0.15) is 0 Å². The summed E-state index contributed by atoms with van der Waals surface area (Å²) in [4.78, 5) is 13.3. The van der Waals surface area contributed by atoms with Crippen LogP contribution >= 0.6 is 11.6 Å². The molecule has 1 heterocycles. The predicted molar refractivity (Wildman–Crippen MR) is 166 cm³/mol. The number of carbonyl (C=O) groups is 1. The molecule has 1 spiro atoms. The molecule has 3 aromatic carbocycles. The molecule has 0 amide bonds. The second-order valence-electron chi connectivity index (χ2n) is 12.3. The van der Waals surface area contributed by atoms with Crippen LogP contribution in [0.4, 0.5) is 5.69 Å². The Morgan fingerprint density at radius 2 is 1.77 bits per heavy atom. The fourth-order valence-electron chi connectivity index (χ4n) is 7.48. The van der Waals surface area contributed by atoms with Crippen LogP contribution in [0.2, 0.25) is 5.02 Å². The first-order chi connectivity index (χ1) is 20.8. The van der Waals surface area contributed by atoms with Gasteiger partial charge in [0.1, 0.15) is 11.3 Å². The third-order valence-electron chi connectivity index (χ3n) is 9.68. The molecule has 1 saturated carbocycles. The van der Waals surface area contributed by atoms with E-state index in [-0.39, 0.29) is 18.2 Å². The summed E-state index contributed by atoms with van der Waals surface area (Å²) in [6, 6.07) is 19.9. The van der Waals surface area contributed by atoms with Gasteiger partial charge in [0.25, 0.3) is 0 Å². The Bertz CT molecular complexity index is 1450. The summed E-state index contributed by atoms with van der Waals surface area (Å²) in [6.07, 6.45) is 5.01. The quantitative estimate of drug-likeness (QED) is 0.243. The molecule has 6 rings (SSSR count). The van der Waals surface area contributed by atoms with Gasteiger partial charge in [0.2, 0.25) is 6.79 Å². The first-order valence-corrected chi connectivity index (χ1v) is 15.5. The van der Waals surface area contributed by atoms with Gasteiger partial charge in [0, 0.05) is 17.3 Å². The fourth-order valence-corrected chi connectivity index (χ4v) is 7.67. The number of anilines is 1. The lowest BCUT2D eigenvalue weighted by Gasteiger charge is -2.47. The highest BCUT2D eigenvalue weighted by Crippen LogP contribution is 2.58. The molecular formula is C35H40ClNO6. The maximum atomic E-state index is 13.3. The second-order valence-corrected chi connectivity index (χ2v) is 12.8. The zero-order chi connectivity index (χ0) is 30.0. The lowest BCUT2D eigenvalue weighted by Crippen LogP contribution is -2.53. The SMILES string of the molecule is COC(=O)C1(Nc2cccc(Cl)c2)CCC2(CC1)c1cc3c(cc1CC2C[C@@H](C)COCc1ccc(OC)cc1)OCO3. The average Bonchev–Trinajstić information content (AvgIpc) is 3.59. The molecule has 0 bridgehead atoms. The molecule has 7 nitrogen and oxygen atoms in total. The van der Waals surface area contributed by atoms with E-state index < -0.39 is 5.54 Å². The van der Waals surface area contributed by atoms with E-state index in [0.29, 0.717) is 42.9 Å². The highest BCUT2D eigenvalue weighted by atomic mass is 35.5. The molecule has 0 radical (unpaired) electrons. The smallest absolute Gasteiger partial charge is 0.331 e. The Morgan fingerprint density at radius 1 is 1.02 bits per heavy atom. The van der Waals surface area contributed by atoms with Crippen molar-refractivity contribution in [2.75, 3.05) is 32.9 Å². The number of carbonyl (C=O) groups excluding carboxylic acids is 1. The van der Waals surface area contributed by atoms with Crippen LogP contribution in [0.1, 0.15) is 55.7 Å². The van der Waals surface area contributed by atoms with Gasteiger partial charge in [-0.05, 0) is 115 Å². The molecular weight excluding hydrogens is 566 g/mol. The summed E-state index contributed by atoms with van der Waals surface area (Å²) in [5.74, 6) is 3.03. The minimum Gasteiger partial charge on any atom is -0.497 e. The van der Waals surface area contributed by atoms with Gasteiger partial charge >= 0.3 is 5.97 Å². The van der Waals surface area contributed by atoms with E-state index in [1.54, 1.807) is 7.11 Å². The lowest BCUT2D eigenvalue weighted by molar-refractivity contribution is -0.148. The van der Waals surface area contributed by atoms with E-state index in [1.165, 1.54) is 18.2 Å². The third kappa shape index (κ3) is 5.89. The largest absolute Gasteiger partial charge is 0.497 e. The van der Waals surface area contributed by atoms with Crippen LogP contribution in [0.25, 0.3) is 0 Å². The summed E-state index contributed by atoms with van der Waals surface area (Å²) < 4.78 is 28.4. The molecule has 1 unspecified atom stereocenters. The molecule has 1 N–H and O–H groups in total. The van der Waals surface area contributed by atoms with Gasteiger partial charge in [-0.15, -0.1) is 0 Å². The van der Waals surface area contributed by atoms with E-state index >= 15 is 0 Å². The number of halogens is 1. The summed E-state index contributed by atoms with van der Waals surface area (Å²) in [5, 5.41) is 4.16. The van der Waals surface area contributed by atoms with Crippen molar-refractivity contribution in [2.45, 2.75) is 63.0 Å². The van der Waals surface area contributed by atoms with Crippen molar-refractivity contribution in [3.05, 3.63) is 82.4 Å². The van der Waals surface area contributed by atoms with Crippen LogP contribution in [0.3, 0.4) is 0 Å². The van der Waals surface area contributed by atoms with Gasteiger partial charge in [-0.25, -0.2) is 4.79 Å². The molecule has 0 aromatic heterocycles. The Labute approximate surface area is 258 Å². The number of ether oxygens (including phenoxy) is 5. The molecule has 3 aliphatic rings. The normalized spacial score (nSPS) is 24.4. The van der Waals surface area contributed by atoms with Crippen molar-refractivity contribution in [3.63, 3.8) is 0 Å². The fraction of sp³-hybridized carbons (Fsp3) is 0.457. The molecule has 3 aromatic rings. The Kier molecular flexibility index (Phi) is 8.47. The van der Waals surface area contributed by atoms with Crippen molar-refractivity contribution in [3.8, 4) is 17.2 Å². The predicted octanol–water partition coefficient (Wildman–Crippen LogP) is 7.33. The number of methoxy groups -OCH3 is 2. The average molecular weight is 606 g/mol. The van der Waals surface area contributed by atoms with Crippen LogP contribution in [-0.2, 0) is 32.7 Å². The van der Waals surface area contributed by atoms with Gasteiger partial charge in [-0.3, -0.25) is 0 Å². The summed E-state index contributed by atoms with van der Waals surface area (Å²) >= 11 is 6.28. The summed E-state index contributed by atoms with van der Waals surface area (Å²) in [6.45, 7) is 3.79. The van der Waals surface area contributed by atoms with Gasteiger partial charge in [0.15, 0.2) is 11.5 Å². The summed E-state index contributed by atoms with van der Waals surface area (Å²) in [5.41, 5.74) is 3.73. The van der Waals surface area contributed by atoms with Crippen molar-refractivity contribution >= 4 is 23.3 Å². The number of hydrogen-bond acceptors (Lipinski definition) is 7. The third-order valence-corrected chi connectivity index (χ3v) is 9.91. The zero-order valence-corrected chi connectivity index (χ0v) is 25.9. The Morgan fingerprint density at radius 3 is 2.47 bits per heavy atom. The molecule has 0 saturated heterocycles. The Hall–Kier alpha value is -3.42. The minimum atomic E-state index is -0.818. The van der Waals surface area contributed by atoms with Gasteiger partial charge in [0.05, 0.1) is 20.8 Å². The molecule has 228 valence electrons. The van der Waals surface area contributed by atoms with Crippen LogP contribution in [0, 0.1) is 11.8 Å². The molecule has 8 heteroatoms. The highest BCUT2D eigenvalue weighted by Gasteiger charge is 2.54. The first-order valence-electron chi connectivity index (χ1n) is 15.1. The van der Waals surface area contributed by atoms with E-state index in [2.05, 4.69) is 24.4 Å². The van der Waals surface area contributed by atoms with Crippen LogP contribution in [0.5, 0.6) is 17.2 Å². The highest BCUT2D eigenvalue weighted by molar-refractivity contribution is 6.30. The first kappa shape index (κ1) is 29.6. The number of rotatable bonds is 10. The van der Waals surface area contributed by atoms with Crippen LogP contribution in [0.15, 0.2) is 60.7 Å². The monoisotopic (exact) mass is 605 g/mol. The Balaban J connectivity index is 1.21. The van der Waals surface area contributed by atoms with E-state index in [9.17, 15) is 4.79 Å². The second kappa shape index (κ2) is 12.3. The number of esters is 1. The van der Waals surface area contributed by atoms with Crippen molar-refractivity contribution in [1.82, 2.24) is 0 Å². The number of benzene rings is 3. The van der Waals surface area contributed by atoms with E-state index in [4.69, 9.17) is 35.3 Å². The van der Waals surface area contributed by atoms with E-state index in [0.717, 1.165) is 54.2 Å². The number of nitrogens with one attached hydrogen (secondary N) is 1. The van der Waals surface area contributed by atoms with E-state index in [1.807, 2.05) is 48.5 Å². The number of hydrogen-bond donors (Lipinski definition) is 1. The van der Waals surface area contributed by atoms with Gasteiger partial charge < -0.3 is 29.0 Å². The maximum Gasteiger partial charge on any atom is 0.331 e. The lowest BCUT2D eigenvalue weighted by atomic mass is 9.59. The van der Waals surface area contributed by atoms with Crippen molar-refractivity contribution in [2.24, 2.45) is 11.8 Å². The maximum absolute atomic E-state index is 13.3. The van der Waals surface area contributed by atoms with Crippen LogP contribution < -0.4 is 19.5 Å². The zero-order valence-electron chi connectivity index (χ0n) is 25.1.